The quantitative estimate of drug-likeness (QED) is 0.844. The molecule has 0 spiro atoms. The van der Waals surface area contributed by atoms with E-state index in [-0.39, 0.29) is 11.6 Å². The van der Waals surface area contributed by atoms with Gasteiger partial charge in [0.15, 0.2) is 0 Å². The molecule has 1 aromatic rings. The van der Waals surface area contributed by atoms with E-state index in [1.807, 2.05) is 6.07 Å². The maximum Gasteiger partial charge on any atom is 0.326 e. The lowest BCUT2D eigenvalue weighted by Gasteiger charge is -2.17. The van der Waals surface area contributed by atoms with Crippen LogP contribution in [0.3, 0.4) is 0 Å². The molecule has 0 radical (unpaired) electrons. The number of hydrogen-bond acceptors (Lipinski definition) is 4. The van der Waals surface area contributed by atoms with E-state index in [0.29, 0.717) is 11.3 Å². The predicted octanol–water partition coefficient (Wildman–Crippen LogP) is 1.10. The molecular weight excluding hydrogens is 246 g/mol. The number of carbonyl (C=O) groups excluding carboxylic acids is 1. The van der Waals surface area contributed by atoms with Gasteiger partial charge < -0.3 is 10.4 Å². The average Bonchev–Trinajstić information content (AvgIpc) is 2.34. The van der Waals surface area contributed by atoms with Crippen LogP contribution in [-0.4, -0.2) is 28.0 Å². The molecule has 6 nitrogen and oxygen atoms in total. The molecule has 0 unspecified atom stereocenters. The lowest BCUT2D eigenvalue weighted by molar-refractivity contribution is -0.140. The Bertz CT molecular complexity index is 547. The number of nitrogens with zero attached hydrogens (tertiary/aromatic N) is 2. The second-order valence-electron chi connectivity index (χ2n) is 4.47. The van der Waals surface area contributed by atoms with E-state index in [1.165, 1.54) is 12.1 Å². The highest BCUT2D eigenvalue weighted by Gasteiger charge is 2.24. The summed E-state index contributed by atoms with van der Waals surface area (Å²) in [5.41, 5.74) is 0.921. The number of carbonyl (C=O) groups is 2. The molecule has 2 N–H and O–H groups in total. The molecule has 0 aliphatic heterocycles. The Kier molecular flexibility index (Phi) is 4.59. The third-order valence-corrected chi connectivity index (χ3v) is 2.66. The van der Waals surface area contributed by atoms with Crippen molar-refractivity contribution in [2.24, 2.45) is 5.92 Å². The molecule has 1 rings (SSSR count). The summed E-state index contributed by atoms with van der Waals surface area (Å²) in [6, 6.07) is 3.87. The molecule has 0 aromatic carbocycles. The number of carboxylic acid groups (broad SMARTS) is 1. The van der Waals surface area contributed by atoms with Crippen LogP contribution < -0.4 is 5.32 Å². The molecule has 0 aliphatic carbocycles. The fourth-order valence-corrected chi connectivity index (χ4v) is 1.53. The van der Waals surface area contributed by atoms with Crippen molar-refractivity contribution in [3.63, 3.8) is 0 Å². The van der Waals surface area contributed by atoms with E-state index in [2.05, 4.69) is 10.3 Å². The summed E-state index contributed by atoms with van der Waals surface area (Å²) < 4.78 is 0. The number of aromatic nitrogens is 1. The summed E-state index contributed by atoms with van der Waals surface area (Å²) in [7, 11) is 0. The highest BCUT2D eigenvalue weighted by Crippen LogP contribution is 2.07. The topological polar surface area (TPSA) is 103 Å². The van der Waals surface area contributed by atoms with Gasteiger partial charge in [0.25, 0.3) is 5.91 Å². The van der Waals surface area contributed by atoms with Gasteiger partial charge in [-0.25, -0.2) is 9.78 Å². The molecule has 0 saturated carbocycles. The van der Waals surface area contributed by atoms with Crippen molar-refractivity contribution in [1.82, 2.24) is 10.3 Å². The summed E-state index contributed by atoms with van der Waals surface area (Å²) in [5, 5.41) is 20.2. The predicted molar refractivity (Wildman–Crippen MR) is 67.4 cm³/mol. The smallest absolute Gasteiger partial charge is 0.326 e. The van der Waals surface area contributed by atoms with Crippen LogP contribution >= 0.6 is 0 Å². The third-order valence-electron chi connectivity index (χ3n) is 2.66. The maximum atomic E-state index is 11.9. The summed E-state index contributed by atoms with van der Waals surface area (Å²) >= 11 is 0. The SMILES string of the molecule is Cc1nc(C(=O)N[C@H](C(=O)O)C(C)C)ccc1C#N. The number of nitrogens with one attached hydrogen (secondary N) is 1. The second-order valence-corrected chi connectivity index (χ2v) is 4.47. The number of pyridine rings is 1. The number of amides is 1. The lowest BCUT2D eigenvalue weighted by atomic mass is 10.0. The largest absolute Gasteiger partial charge is 0.480 e. The minimum absolute atomic E-state index is 0.100. The molecule has 0 aliphatic rings. The van der Waals surface area contributed by atoms with Gasteiger partial charge in [0.2, 0.25) is 0 Å². The first-order chi connectivity index (χ1) is 8.86. The van der Waals surface area contributed by atoms with Crippen molar-refractivity contribution in [3.8, 4) is 6.07 Å². The van der Waals surface area contributed by atoms with Crippen molar-refractivity contribution >= 4 is 11.9 Å². The zero-order valence-corrected chi connectivity index (χ0v) is 11.0. The van der Waals surface area contributed by atoms with Crippen molar-refractivity contribution < 1.29 is 14.7 Å². The van der Waals surface area contributed by atoms with E-state index in [1.54, 1.807) is 20.8 Å². The van der Waals surface area contributed by atoms with E-state index < -0.39 is 17.9 Å². The van der Waals surface area contributed by atoms with E-state index in [0.717, 1.165) is 0 Å². The Balaban J connectivity index is 2.93. The van der Waals surface area contributed by atoms with Gasteiger partial charge in [-0.1, -0.05) is 13.8 Å². The molecule has 0 bridgehead atoms. The Morgan fingerprint density at radius 3 is 2.47 bits per heavy atom. The first-order valence-corrected chi connectivity index (χ1v) is 5.78. The molecule has 1 amide bonds. The van der Waals surface area contributed by atoms with Crippen LogP contribution in [0, 0.1) is 24.2 Å². The molecule has 100 valence electrons. The monoisotopic (exact) mass is 261 g/mol. The van der Waals surface area contributed by atoms with E-state index in [4.69, 9.17) is 10.4 Å². The summed E-state index contributed by atoms with van der Waals surface area (Å²) in [6.45, 7) is 5.03. The minimum atomic E-state index is -1.09. The molecular formula is C13H15N3O3. The number of rotatable bonds is 4. The summed E-state index contributed by atoms with van der Waals surface area (Å²) in [4.78, 5) is 26.9. The highest BCUT2D eigenvalue weighted by molar-refractivity contribution is 5.95. The minimum Gasteiger partial charge on any atom is -0.480 e. The van der Waals surface area contributed by atoms with Gasteiger partial charge in [-0.3, -0.25) is 4.79 Å². The molecule has 19 heavy (non-hydrogen) atoms. The van der Waals surface area contributed by atoms with Crippen molar-refractivity contribution in [3.05, 3.63) is 29.1 Å². The Hall–Kier alpha value is -2.42. The Morgan fingerprint density at radius 1 is 1.42 bits per heavy atom. The molecule has 0 saturated heterocycles. The molecule has 1 atom stereocenters. The van der Waals surface area contributed by atoms with Crippen LogP contribution in [0.2, 0.25) is 0 Å². The fourth-order valence-electron chi connectivity index (χ4n) is 1.53. The van der Waals surface area contributed by atoms with Crippen LogP contribution in [0.4, 0.5) is 0 Å². The second kappa shape index (κ2) is 5.96. The maximum absolute atomic E-state index is 11.9. The summed E-state index contributed by atoms with van der Waals surface area (Å²) in [6.07, 6.45) is 0. The standard InChI is InChI=1S/C13H15N3O3/c1-7(2)11(13(18)19)16-12(17)10-5-4-9(6-14)8(3)15-10/h4-5,7,11H,1-3H3,(H,16,17)(H,18,19)/t11-/m0/s1. The number of hydrogen-bond donors (Lipinski definition) is 2. The van der Waals surface area contributed by atoms with Gasteiger partial charge in [0.05, 0.1) is 11.3 Å². The normalized spacial score (nSPS) is 11.7. The molecule has 1 heterocycles. The van der Waals surface area contributed by atoms with Crippen LogP contribution in [0.25, 0.3) is 0 Å². The third kappa shape index (κ3) is 3.52. The lowest BCUT2D eigenvalue weighted by Crippen LogP contribution is -2.44. The van der Waals surface area contributed by atoms with Gasteiger partial charge in [0, 0.05) is 0 Å². The van der Waals surface area contributed by atoms with Gasteiger partial charge in [-0.05, 0) is 25.0 Å². The van der Waals surface area contributed by atoms with Crippen LogP contribution in [-0.2, 0) is 4.79 Å². The first kappa shape index (κ1) is 14.6. The average molecular weight is 261 g/mol. The molecule has 1 aromatic heterocycles. The number of nitriles is 1. The zero-order valence-electron chi connectivity index (χ0n) is 11.0. The van der Waals surface area contributed by atoms with Crippen LogP contribution in [0.1, 0.15) is 35.6 Å². The van der Waals surface area contributed by atoms with Gasteiger partial charge in [-0.2, -0.15) is 5.26 Å². The van der Waals surface area contributed by atoms with Crippen molar-refractivity contribution in [1.29, 1.82) is 5.26 Å². The van der Waals surface area contributed by atoms with Gasteiger partial charge in [0.1, 0.15) is 17.8 Å². The molecule has 6 heteroatoms. The Labute approximate surface area is 111 Å². The number of aliphatic carboxylic acids is 1. The van der Waals surface area contributed by atoms with E-state index in [9.17, 15) is 9.59 Å². The fraction of sp³-hybridized carbons (Fsp3) is 0.385. The first-order valence-electron chi connectivity index (χ1n) is 5.78. The Morgan fingerprint density at radius 2 is 2.05 bits per heavy atom. The van der Waals surface area contributed by atoms with Gasteiger partial charge in [-0.15, -0.1) is 0 Å². The number of carboxylic acids is 1. The van der Waals surface area contributed by atoms with E-state index >= 15 is 0 Å². The number of aryl methyl sites for hydroxylation is 1. The summed E-state index contributed by atoms with van der Waals surface area (Å²) in [5.74, 6) is -1.89. The highest BCUT2D eigenvalue weighted by atomic mass is 16.4. The van der Waals surface area contributed by atoms with Crippen molar-refractivity contribution in [2.75, 3.05) is 0 Å². The molecule has 0 fully saturated rings. The van der Waals surface area contributed by atoms with Crippen LogP contribution in [0.5, 0.6) is 0 Å². The zero-order chi connectivity index (χ0) is 14.6. The van der Waals surface area contributed by atoms with Crippen molar-refractivity contribution in [2.45, 2.75) is 26.8 Å². The van der Waals surface area contributed by atoms with Gasteiger partial charge >= 0.3 is 5.97 Å². The van der Waals surface area contributed by atoms with Crippen LogP contribution in [0.15, 0.2) is 12.1 Å².